The largest absolute Gasteiger partial charge is 0.320 e. The highest BCUT2D eigenvalue weighted by Gasteiger charge is 2.14. The highest BCUT2D eigenvalue weighted by atomic mass is 35.7. The molecule has 2 rings (SSSR count). The summed E-state index contributed by atoms with van der Waals surface area (Å²) in [4.78, 5) is 11.7. The number of nitrogens with one attached hydrogen (secondary N) is 2. The number of benzene rings is 1. The van der Waals surface area contributed by atoms with E-state index in [9.17, 15) is 13.2 Å². The lowest BCUT2D eigenvalue weighted by Gasteiger charge is -2.07. The van der Waals surface area contributed by atoms with Crippen LogP contribution < -0.4 is 5.32 Å². The Kier molecular flexibility index (Phi) is 3.54. The first kappa shape index (κ1) is 13.5. The first-order valence-corrected chi connectivity index (χ1v) is 7.41. The van der Waals surface area contributed by atoms with Gasteiger partial charge in [0.25, 0.3) is 15.0 Å². The van der Waals surface area contributed by atoms with Gasteiger partial charge in [-0.15, -0.1) is 0 Å². The van der Waals surface area contributed by atoms with E-state index in [0.29, 0.717) is 11.3 Å². The van der Waals surface area contributed by atoms with Gasteiger partial charge < -0.3 is 5.32 Å². The Labute approximate surface area is 113 Å². The third-order valence-electron chi connectivity index (χ3n) is 2.38. The Hall–Kier alpha value is -1.93. The fourth-order valence-electron chi connectivity index (χ4n) is 1.43. The Bertz CT molecular complexity index is 712. The number of aromatic amines is 1. The summed E-state index contributed by atoms with van der Waals surface area (Å²) < 4.78 is 22.3. The van der Waals surface area contributed by atoms with Crippen LogP contribution in [0, 0.1) is 6.92 Å². The molecule has 2 N–H and O–H groups in total. The fourth-order valence-corrected chi connectivity index (χ4v) is 2.26. The number of hydrogen-bond acceptors (Lipinski definition) is 5. The molecule has 0 fully saturated rings. The quantitative estimate of drug-likeness (QED) is 0.831. The summed E-state index contributed by atoms with van der Waals surface area (Å²) in [6.45, 7) is 1.66. The van der Waals surface area contributed by atoms with Gasteiger partial charge in [0, 0.05) is 16.4 Å². The highest BCUT2D eigenvalue weighted by molar-refractivity contribution is 8.13. The van der Waals surface area contributed by atoms with Gasteiger partial charge in [0.2, 0.25) is 0 Å². The number of carbonyl (C=O) groups excluding carboxylic acids is 1. The molecule has 7 nitrogen and oxygen atoms in total. The maximum Gasteiger partial charge on any atom is 0.277 e. The van der Waals surface area contributed by atoms with Crippen molar-refractivity contribution in [3.8, 4) is 0 Å². The minimum atomic E-state index is -3.78. The molecule has 0 aliphatic heterocycles. The van der Waals surface area contributed by atoms with Crippen LogP contribution in [-0.4, -0.2) is 29.7 Å². The second kappa shape index (κ2) is 4.98. The zero-order valence-electron chi connectivity index (χ0n) is 9.71. The first-order valence-electron chi connectivity index (χ1n) is 5.10. The van der Waals surface area contributed by atoms with E-state index in [1.165, 1.54) is 24.4 Å². The molecule has 0 radical (unpaired) electrons. The molecule has 0 aliphatic carbocycles. The topological polar surface area (TPSA) is 105 Å². The van der Waals surface area contributed by atoms with Crippen LogP contribution in [0.15, 0.2) is 29.3 Å². The van der Waals surface area contributed by atoms with Crippen LogP contribution >= 0.6 is 10.7 Å². The normalized spacial score (nSPS) is 11.3. The lowest BCUT2D eigenvalue weighted by molar-refractivity contribution is 0.102. The molecule has 2 aromatic rings. The van der Waals surface area contributed by atoms with Crippen molar-refractivity contribution in [3.63, 3.8) is 0 Å². The molecule has 0 bridgehead atoms. The third-order valence-corrected chi connectivity index (χ3v) is 3.73. The molecule has 1 aromatic heterocycles. The number of hydrogen-bond donors (Lipinski definition) is 2. The molecule has 0 aliphatic rings. The Morgan fingerprint density at radius 2 is 2.16 bits per heavy atom. The number of nitrogens with zero attached hydrogens (tertiary/aromatic N) is 2. The molecule has 1 amide bonds. The average molecular weight is 301 g/mol. The van der Waals surface area contributed by atoms with E-state index in [1.807, 2.05) is 0 Å². The fraction of sp³-hybridized carbons (Fsp3) is 0.100. The molecule has 0 spiro atoms. The number of carbonyl (C=O) groups is 1. The monoisotopic (exact) mass is 300 g/mol. The molecular weight excluding hydrogens is 292 g/mol. The zero-order chi connectivity index (χ0) is 14.0. The molecule has 100 valence electrons. The van der Waals surface area contributed by atoms with Gasteiger partial charge in [-0.05, 0) is 30.7 Å². The number of halogens is 1. The van der Waals surface area contributed by atoms with Gasteiger partial charge in [-0.3, -0.25) is 4.79 Å². The van der Waals surface area contributed by atoms with Gasteiger partial charge in [-0.2, -0.15) is 15.4 Å². The summed E-state index contributed by atoms with van der Waals surface area (Å²) in [5, 5.41) is 12.1. The smallest absolute Gasteiger partial charge is 0.277 e. The second-order valence-electron chi connectivity index (χ2n) is 3.72. The van der Waals surface area contributed by atoms with Gasteiger partial charge in [0.05, 0.1) is 11.1 Å². The molecule has 0 saturated heterocycles. The third kappa shape index (κ3) is 3.09. The van der Waals surface area contributed by atoms with Crippen molar-refractivity contribution in [3.05, 3.63) is 35.7 Å². The van der Waals surface area contributed by atoms with E-state index in [-0.39, 0.29) is 10.6 Å². The summed E-state index contributed by atoms with van der Waals surface area (Å²) in [7, 11) is 1.45. The van der Waals surface area contributed by atoms with Crippen LogP contribution in [0.25, 0.3) is 0 Å². The minimum Gasteiger partial charge on any atom is -0.320 e. The predicted octanol–water partition coefficient (Wildman–Crippen LogP) is 1.29. The summed E-state index contributed by atoms with van der Waals surface area (Å²) >= 11 is 0. The number of amides is 1. The van der Waals surface area contributed by atoms with E-state index in [1.54, 1.807) is 6.92 Å². The zero-order valence-corrected chi connectivity index (χ0v) is 11.3. The van der Waals surface area contributed by atoms with Crippen LogP contribution in [0.2, 0.25) is 0 Å². The molecule has 9 heteroatoms. The number of aromatic nitrogens is 3. The highest BCUT2D eigenvalue weighted by Crippen LogP contribution is 2.22. The Morgan fingerprint density at radius 3 is 2.68 bits per heavy atom. The summed E-state index contributed by atoms with van der Waals surface area (Å²) in [5.41, 5.74) is 1.17. The van der Waals surface area contributed by atoms with Crippen molar-refractivity contribution in [1.82, 2.24) is 15.4 Å². The van der Waals surface area contributed by atoms with Crippen LogP contribution in [0.4, 0.5) is 5.69 Å². The van der Waals surface area contributed by atoms with Crippen LogP contribution in [0.1, 0.15) is 16.1 Å². The van der Waals surface area contributed by atoms with Crippen molar-refractivity contribution in [2.24, 2.45) is 0 Å². The SMILES string of the molecule is Cc1cc(S(=O)(=O)Cl)ccc1NC(=O)c1cn[nH]n1. The summed E-state index contributed by atoms with van der Waals surface area (Å²) in [6, 6.07) is 4.15. The lowest BCUT2D eigenvalue weighted by Crippen LogP contribution is -2.13. The van der Waals surface area contributed by atoms with Gasteiger partial charge >= 0.3 is 0 Å². The molecule has 0 atom stereocenters. The van der Waals surface area contributed by atoms with Gasteiger partial charge in [0.1, 0.15) is 0 Å². The van der Waals surface area contributed by atoms with E-state index in [4.69, 9.17) is 10.7 Å². The molecule has 1 heterocycles. The van der Waals surface area contributed by atoms with Crippen LogP contribution in [0.3, 0.4) is 0 Å². The lowest BCUT2D eigenvalue weighted by atomic mass is 10.2. The molecular formula is C10H9ClN4O3S. The Morgan fingerprint density at radius 1 is 1.42 bits per heavy atom. The number of aryl methyl sites for hydroxylation is 1. The van der Waals surface area contributed by atoms with Crippen molar-refractivity contribution < 1.29 is 13.2 Å². The number of H-pyrrole nitrogens is 1. The van der Waals surface area contributed by atoms with Crippen LogP contribution in [0.5, 0.6) is 0 Å². The maximum atomic E-state index is 11.7. The summed E-state index contributed by atoms with van der Waals surface area (Å²) in [5.74, 6) is -0.446. The van der Waals surface area contributed by atoms with Crippen molar-refractivity contribution in [2.45, 2.75) is 11.8 Å². The van der Waals surface area contributed by atoms with E-state index >= 15 is 0 Å². The van der Waals surface area contributed by atoms with Crippen molar-refractivity contribution in [2.75, 3.05) is 5.32 Å². The van der Waals surface area contributed by atoms with E-state index < -0.39 is 15.0 Å². The molecule has 1 aromatic carbocycles. The first-order chi connectivity index (χ1) is 8.88. The van der Waals surface area contributed by atoms with Crippen molar-refractivity contribution >= 4 is 31.3 Å². The minimum absolute atomic E-state index is 0.0221. The van der Waals surface area contributed by atoms with Crippen LogP contribution in [-0.2, 0) is 9.05 Å². The van der Waals surface area contributed by atoms with E-state index in [2.05, 4.69) is 20.7 Å². The molecule has 0 unspecified atom stereocenters. The van der Waals surface area contributed by atoms with Gasteiger partial charge in [-0.1, -0.05) is 0 Å². The average Bonchev–Trinajstić information content (AvgIpc) is 2.84. The van der Waals surface area contributed by atoms with Gasteiger partial charge in [-0.25, -0.2) is 8.42 Å². The second-order valence-corrected chi connectivity index (χ2v) is 6.29. The number of rotatable bonds is 3. The van der Waals surface area contributed by atoms with E-state index in [0.717, 1.165) is 0 Å². The molecule has 19 heavy (non-hydrogen) atoms. The standard InChI is InChI=1S/C10H9ClN4O3S/c1-6-4-7(19(11,17)18)2-3-8(6)13-10(16)9-5-12-15-14-9/h2-5H,1H3,(H,13,16)(H,12,14,15). The predicted molar refractivity (Wildman–Crippen MR) is 68.6 cm³/mol. The maximum absolute atomic E-state index is 11.7. The number of anilines is 1. The molecule has 0 saturated carbocycles. The summed E-state index contributed by atoms with van der Waals surface area (Å²) in [6.07, 6.45) is 1.28. The van der Waals surface area contributed by atoms with Gasteiger partial charge in [0.15, 0.2) is 5.69 Å². The van der Waals surface area contributed by atoms with Crippen molar-refractivity contribution in [1.29, 1.82) is 0 Å². The Balaban J connectivity index is 2.25.